The fourth-order valence-electron chi connectivity index (χ4n) is 2.95. The average molecular weight is 277 g/mol. The van der Waals surface area contributed by atoms with Crippen molar-refractivity contribution in [2.75, 3.05) is 32.8 Å². The number of carbonyl (C=O) groups excluding carboxylic acids is 1. The predicted octanol–water partition coefficient (Wildman–Crippen LogP) is 1.44. The van der Waals surface area contributed by atoms with Crippen molar-refractivity contribution in [1.29, 1.82) is 0 Å². The van der Waals surface area contributed by atoms with Crippen molar-refractivity contribution in [1.82, 2.24) is 10.2 Å². The van der Waals surface area contributed by atoms with E-state index in [9.17, 15) is 4.79 Å². The lowest BCUT2D eigenvalue weighted by Crippen LogP contribution is -2.44. The van der Waals surface area contributed by atoms with Gasteiger partial charge in [0.1, 0.15) is 6.61 Å². The van der Waals surface area contributed by atoms with Gasteiger partial charge in [0, 0.05) is 25.7 Å². The number of halogens is 1. The highest BCUT2D eigenvalue weighted by molar-refractivity contribution is 5.85. The lowest BCUT2D eigenvalue weighted by molar-refractivity contribution is -0.137. The van der Waals surface area contributed by atoms with E-state index in [0.717, 1.165) is 31.8 Å². The van der Waals surface area contributed by atoms with Crippen LogP contribution in [0.1, 0.15) is 32.6 Å². The van der Waals surface area contributed by atoms with E-state index in [1.165, 1.54) is 19.4 Å². The van der Waals surface area contributed by atoms with E-state index in [2.05, 4.69) is 5.32 Å². The number of likely N-dealkylation sites (tertiary alicyclic amines) is 1. The van der Waals surface area contributed by atoms with Crippen LogP contribution < -0.4 is 5.32 Å². The van der Waals surface area contributed by atoms with Crippen molar-refractivity contribution in [3.63, 3.8) is 0 Å². The van der Waals surface area contributed by atoms with Gasteiger partial charge in [0.05, 0.1) is 0 Å². The van der Waals surface area contributed by atoms with Crippen LogP contribution in [0, 0.1) is 5.92 Å². The van der Waals surface area contributed by atoms with Crippen molar-refractivity contribution in [2.24, 2.45) is 5.92 Å². The van der Waals surface area contributed by atoms with Crippen molar-refractivity contribution >= 4 is 18.3 Å². The molecule has 106 valence electrons. The first kappa shape index (κ1) is 15.7. The highest BCUT2D eigenvalue weighted by Crippen LogP contribution is 2.25. The molecule has 0 bridgehead atoms. The molecule has 2 fully saturated rings. The summed E-state index contributed by atoms with van der Waals surface area (Å²) in [6.45, 7) is 5.79. The van der Waals surface area contributed by atoms with Crippen LogP contribution in [0.25, 0.3) is 0 Å². The zero-order chi connectivity index (χ0) is 12.1. The molecule has 18 heavy (non-hydrogen) atoms. The fourth-order valence-corrected chi connectivity index (χ4v) is 2.95. The molecule has 2 heterocycles. The van der Waals surface area contributed by atoms with E-state index in [1.807, 2.05) is 11.8 Å². The van der Waals surface area contributed by atoms with Crippen molar-refractivity contribution in [3.05, 3.63) is 0 Å². The molecule has 0 spiro atoms. The third kappa shape index (κ3) is 4.11. The molecule has 1 amide bonds. The molecule has 1 N–H and O–H groups in total. The number of nitrogens with one attached hydrogen (secondary N) is 1. The van der Waals surface area contributed by atoms with E-state index in [4.69, 9.17) is 4.74 Å². The molecule has 2 aliphatic heterocycles. The van der Waals surface area contributed by atoms with Gasteiger partial charge in [0.15, 0.2) is 0 Å². The summed E-state index contributed by atoms with van der Waals surface area (Å²) < 4.78 is 5.17. The van der Waals surface area contributed by atoms with Crippen LogP contribution in [-0.2, 0) is 9.53 Å². The van der Waals surface area contributed by atoms with E-state index in [0.29, 0.717) is 12.6 Å². The number of ether oxygens (including phenoxy) is 1. The second kappa shape index (κ2) is 7.97. The molecule has 0 radical (unpaired) electrons. The highest BCUT2D eigenvalue weighted by atomic mass is 35.5. The largest absolute Gasteiger partial charge is 0.372 e. The second-order valence-corrected chi connectivity index (χ2v) is 5.06. The monoisotopic (exact) mass is 276 g/mol. The molecule has 0 aromatic heterocycles. The molecular formula is C13H25ClN2O2. The Morgan fingerprint density at radius 3 is 2.61 bits per heavy atom. The number of nitrogens with zero attached hydrogens (tertiary/aromatic N) is 1. The Balaban J connectivity index is 0.00000162. The number of hydrogen-bond donors (Lipinski definition) is 1. The Bertz CT molecular complexity index is 249. The molecule has 0 saturated carbocycles. The third-order valence-electron chi connectivity index (χ3n) is 3.99. The van der Waals surface area contributed by atoms with Gasteiger partial charge >= 0.3 is 0 Å². The summed E-state index contributed by atoms with van der Waals surface area (Å²) in [4.78, 5) is 13.7. The maximum absolute atomic E-state index is 11.8. The number of amides is 1. The first-order valence-corrected chi connectivity index (χ1v) is 6.90. The zero-order valence-electron chi connectivity index (χ0n) is 11.2. The van der Waals surface area contributed by atoms with Crippen molar-refractivity contribution in [2.45, 2.75) is 38.6 Å². The lowest BCUT2D eigenvalue weighted by atomic mass is 9.88. The highest BCUT2D eigenvalue weighted by Gasteiger charge is 2.29. The van der Waals surface area contributed by atoms with Gasteiger partial charge in [-0.25, -0.2) is 0 Å². The van der Waals surface area contributed by atoms with Gasteiger partial charge in [0.25, 0.3) is 0 Å². The minimum atomic E-state index is 0. The molecule has 0 aromatic rings. The first-order chi connectivity index (χ1) is 8.31. The first-order valence-electron chi connectivity index (χ1n) is 6.90. The third-order valence-corrected chi connectivity index (χ3v) is 3.99. The van der Waals surface area contributed by atoms with Crippen molar-refractivity contribution < 1.29 is 9.53 Å². The fraction of sp³-hybridized carbons (Fsp3) is 0.923. The molecule has 2 aliphatic rings. The Kier molecular flexibility index (Phi) is 6.97. The minimum Gasteiger partial charge on any atom is -0.372 e. The van der Waals surface area contributed by atoms with Gasteiger partial charge in [-0.05, 0) is 45.1 Å². The SMILES string of the molecule is CCOCC(=O)N1CCC(C2CCCN2)CC1.Cl. The van der Waals surface area contributed by atoms with Crippen molar-refractivity contribution in [3.8, 4) is 0 Å². The second-order valence-electron chi connectivity index (χ2n) is 5.06. The zero-order valence-corrected chi connectivity index (χ0v) is 12.0. The van der Waals surface area contributed by atoms with E-state index >= 15 is 0 Å². The molecular weight excluding hydrogens is 252 g/mol. The summed E-state index contributed by atoms with van der Waals surface area (Å²) in [6.07, 6.45) is 4.93. The van der Waals surface area contributed by atoms with E-state index in [-0.39, 0.29) is 24.9 Å². The standard InChI is InChI=1S/C13H24N2O2.ClH/c1-2-17-10-13(16)15-8-5-11(6-9-15)12-4-3-7-14-12;/h11-12,14H,2-10H2,1H3;1H. The van der Waals surface area contributed by atoms with Crippen LogP contribution >= 0.6 is 12.4 Å². The topological polar surface area (TPSA) is 41.6 Å². The maximum Gasteiger partial charge on any atom is 0.248 e. The van der Waals surface area contributed by atoms with Crippen LogP contribution in [0.2, 0.25) is 0 Å². The predicted molar refractivity (Wildman–Crippen MR) is 74.1 cm³/mol. The summed E-state index contributed by atoms with van der Waals surface area (Å²) in [6, 6.07) is 0.708. The quantitative estimate of drug-likeness (QED) is 0.845. The Labute approximate surface area is 116 Å². The van der Waals surface area contributed by atoms with Crippen LogP contribution in [0.4, 0.5) is 0 Å². The summed E-state index contributed by atoms with van der Waals surface area (Å²) in [5.41, 5.74) is 0. The Morgan fingerprint density at radius 1 is 1.33 bits per heavy atom. The summed E-state index contributed by atoms with van der Waals surface area (Å²) in [5, 5.41) is 3.58. The molecule has 2 rings (SSSR count). The summed E-state index contributed by atoms with van der Waals surface area (Å²) in [7, 11) is 0. The number of hydrogen-bond acceptors (Lipinski definition) is 3. The Morgan fingerprint density at radius 2 is 2.06 bits per heavy atom. The van der Waals surface area contributed by atoms with E-state index < -0.39 is 0 Å². The van der Waals surface area contributed by atoms with E-state index in [1.54, 1.807) is 0 Å². The van der Waals surface area contributed by atoms with Gasteiger partial charge in [-0.2, -0.15) is 0 Å². The summed E-state index contributed by atoms with van der Waals surface area (Å²) >= 11 is 0. The average Bonchev–Trinajstić information content (AvgIpc) is 2.90. The molecule has 1 unspecified atom stereocenters. The van der Waals surface area contributed by atoms with Crippen LogP contribution in [0.3, 0.4) is 0 Å². The molecule has 5 heteroatoms. The van der Waals surface area contributed by atoms with Crippen LogP contribution in [0.5, 0.6) is 0 Å². The van der Waals surface area contributed by atoms with Crippen LogP contribution in [0.15, 0.2) is 0 Å². The molecule has 4 nitrogen and oxygen atoms in total. The number of carbonyl (C=O) groups is 1. The Hall–Kier alpha value is -0.320. The van der Waals surface area contributed by atoms with Gasteiger partial charge < -0.3 is 15.0 Å². The minimum absolute atomic E-state index is 0. The molecule has 2 saturated heterocycles. The van der Waals surface area contributed by atoms with Gasteiger partial charge in [0.2, 0.25) is 5.91 Å². The number of rotatable bonds is 4. The summed E-state index contributed by atoms with van der Waals surface area (Å²) in [5.74, 6) is 0.929. The van der Waals surface area contributed by atoms with Gasteiger partial charge in [-0.1, -0.05) is 0 Å². The molecule has 0 aliphatic carbocycles. The van der Waals surface area contributed by atoms with Crippen LogP contribution in [-0.4, -0.2) is 49.7 Å². The van der Waals surface area contributed by atoms with Gasteiger partial charge in [-0.15, -0.1) is 12.4 Å². The smallest absolute Gasteiger partial charge is 0.248 e. The lowest BCUT2D eigenvalue weighted by Gasteiger charge is -2.34. The molecule has 0 aromatic carbocycles. The normalized spacial score (nSPS) is 24.9. The number of piperidine rings is 1. The molecule has 1 atom stereocenters. The maximum atomic E-state index is 11.8. The van der Waals surface area contributed by atoms with Gasteiger partial charge in [-0.3, -0.25) is 4.79 Å².